The van der Waals surface area contributed by atoms with Crippen LogP contribution in [-0.4, -0.2) is 123 Å². The van der Waals surface area contributed by atoms with Gasteiger partial charge in [-0.25, -0.2) is 0 Å². The number of nitrogens with one attached hydrogen (secondary N) is 1. The quantitative estimate of drug-likeness (QED) is 0.107. The molecular weight excluding hydrogens is 472 g/mol. The Balaban J connectivity index is 3.72. The van der Waals surface area contributed by atoms with Crippen LogP contribution in [0, 0.1) is 0 Å². The summed E-state index contributed by atoms with van der Waals surface area (Å²) in [7, 11) is 0. The fraction of sp³-hybridized carbons (Fsp3) is 0.714. The van der Waals surface area contributed by atoms with Crippen molar-refractivity contribution in [2.75, 3.05) is 72.5 Å². The third-order valence-corrected chi connectivity index (χ3v) is 3.94. The maximum atomic E-state index is 11.9. The number of nitrogens with zero attached hydrogens (tertiary/aromatic N) is 1. The Morgan fingerprint density at radius 2 is 1.34 bits per heavy atom. The number of Topliss-reactive ketones (excluding diaryl/α,β-unsaturated/α-hetero) is 2. The number of aliphatic carboxylic acids is 2. The molecule has 0 atom stereocenters. The first-order valence-corrected chi connectivity index (χ1v) is 10.9. The molecule has 0 aromatic heterocycles. The predicted octanol–water partition coefficient (Wildman–Crippen LogP) is -1.50. The summed E-state index contributed by atoms with van der Waals surface area (Å²) in [4.78, 5) is 68.1. The number of hydrogen-bond donors (Lipinski definition) is 3. The van der Waals surface area contributed by atoms with E-state index in [-0.39, 0.29) is 51.1 Å². The molecule has 3 N–H and O–H groups in total. The molecule has 0 rings (SSSR count). The van der Waals surface area contributed by atoms with E-state index in [9.17, 15) is 28.8 Å². The molecule has 0 heterocycles. The fourth-order valence-electron chi connectivity index (χ4n) is 2.43. The minimum atomic E-state index is -1.41. The molecule has 0 bridgehead atoms. The normalized spacial score (nSPS) is 10.5. The highest BCUT2D eigenvalue weighted by atomic mass is 16.5. The molecule has 0 saturated carbocycles. The van der Waals surface area contributed by atoms with Crippen molar-refractivity contribution in [1.82, 2.24) is 10.2 Å². The summed E-state index contributed by atoms with van der Waals surface area (Å²) in [5, 5.41) is 20.1. The highest BCUT2D eigenvalue weighted by Crippen LogP contribution is 2.00. The molecule has 14 heteroatoms. The first kappa shape index (κ1) is 32.1. The summed E-state index contributed by atoms with van der Waals surface area (Å²) in [6.07, 6.45) is -0.564. The highest BCUT2D eigenvalue weighted by Gasteiger charge is 2.21. The third kappa shape index (κ3) is 21.3. The average Bonchev–Trinajstić information content (AvgIpc) is 2.75. The van der Waals surface area contributed by atoms with Gasteiger partial charge in [0.25, 0.3) is 0 Å². The number of carbonyl (C=O) groups excluding carboxylic acids is 4. The van der Waals surface area contributed by atoms with Crippen LogP contribution >= 0.6 is 0 Å². The first-order valence-electron chi connectivity index (χ1n) is 10.9. The van der Waals surface area contributed by atoms with Gasteiger partial charge < -0.3 is 39.4 Å². The second-order valence-electron chi connectivity index (χ2n) is 7.24. The Kier molecular flexibility index (Phi) is 18.7. The Morgan fingerprint density at radius 1 is 0.743 bits per heavy atom. The zero-order chi connectivity index (χ0) is 26.5. The number of carboxylic acid groups (broad SMARTS) is 2. The monoisotopic (exact) mass is 506 g/mol. The van der Waals surface area contributed by atoms with Crippen LogP contribution in [0.1, 0.15) is 26.2 Å². The van der Waals surface area contributed by atoms with E-state index in [0.717, 1.165) is 0 Å². The van der Waals surface area contributed by atoms with Gasteiger partial charge in [-0.3, -0.25) is 28.8 Å². The summed E-state index contributed by atoms with van der Waals surface area (Å²) >= 11 is 0. The number of ether oxygens (including phenoxy) is 4. The molecule has 0 radical (unpaired) electrons. The van der Waals surface area contributed by atoms with Gasteiger partial charge in [-0.1, -0.05) is 0 Å². The largest absolute Gasteiger partial charge is 0.481 e. The minimum Gasteiger partial charge on any atom is -0.481 e. The van der Waals surface area contributed by atoms with Gasteiger partial charge in [0.15, 0.2) is 11.6 Å². The van der Waals surface area contributed by atoms with Crippen LogP contribution in [0.3, 0.4) is 0 Å². The van der Waals surface area contributed by atoms with Crippen LogP contribution in [-0.2, 0) is 47.7 Å². The summed E-state index contributed by atoms with van der Waals surface area (Å²) in [5.41, 5.74) is 0. The van der Waals surface area contributed by atoms with Gasteiger partial charge in [-0.15, -0.1) is 0 Å². The van der Waals surface area contributed by atoms with Crippen molar-refractivity contribution in [3.05, 3.63) is 0 Å². The van der Waals surface area contributed by atoms with Crippen LogP contribution in [0.5, 0.6) is 0 Å². The second-order valence-corrected chi connectivity index (χ2v) is 7.24. The second kappa shape index (κ2) is 20.4. The molecule has 0 aliphatic heterocycles. The Labute approximate surface area is 202 Å². The van der Waals surface area contributed by atoms with Crippen molar-refractivity contribution < 1.29 is 57.9 Å². The van der Waals surface area contributed by atoms with Crippen molar-refractivity contribution in [2.45, 2.75) is 26.2 Å². The molecular formula is C21H34N2O12. The van der Waals surface area contributed by atoms with Gasteiger partial charge in [0.05, 0.1) is 39.6 Å². The molecule has 0 saturated heterocycles. The van der Waals surface area contributed by atoms with Gasteiger partial charge in [-0.05, 0) is 13.3 Å². The highest BCUT2D eigenvalue weighted by molar-refractivity contribution is 5.96. The van der Waals surface area contributed by atoms with E-state index in [2.05, 4.69) is 5.32 Å². The molecule has 0 aliphatic carbocycles. The molecule has 0 fully saturated rings. The molecule has 14 nitrogen and oxygen atoms in total. The zero-order valence-corrected chi connectivity index (χ0v) is 19.8. The standard InChI is InChI=1S/C21H34N2O12/c1-16(24)14-34-9-8-33-6-4-22-18(26)15-35-10-7-32-5-2-3-17(25)12-23(13-21(30)31)19(27)11-20(28)29/h2-15H2,1H3,(H,22,26)(H,28,29)(H,30,31). The lowest BCUT2D eigenvalue weighted by Crippen LogP contribution is -2.40. The van der Waals surface area contributed by atoms with E-state index in [1.807, 2.05) is 0 Å². The smallest absolute Gasteiger partial charge is 0.323 e. The topological polar surface area (TPSA) is 195 Å². The van der Waals surface area contributed by atoms with Gasteiger partial charge in [0.2, 0.25) is 11.8 Å². The molecule has 0 aromatic rings. The van der Waals surface area contributed by atoms with E-state index < -0.39 is 43.1 Å². The maximum Gasteiger partial charge on any atom is 0.323 e. The number of ketones is 2. The van der Waals surface area contributed by atoms with Gasteiger partial charge in [-0.2, -0.15) is 0 Å². The molecule has 0 aromatic carbocycles. The molecule has 2 amide bonds. The van der Waals surface area contributed by atoms with E-state index in [1.54, 1.807) is 0 Å². The molecule has 0 unspecified atom stereocenters. The lowest BCUT2D eigenvalue weighted by Gasteiger charge is -2.19. The van der Waals surface area contributed by atoms with Crippen LogP contribution < -0.4 is 5.32 Å². The van der Waals surface area contributed by atoms with Crippen LogP contribution in [0.25, 0.3) is 0 Å². The molecule has 0 spiro atoms. The Morgan fingerprint density at radius 3 is 1.94 bits per heavy atom. The maximum absolute atomic E-state index is 11.9. The number of carboxylic acids is 2. The van der Waals surface area contributed by atoms with Crippen LogP contribution in [0.15, 0.2) is 0 Å². The third-order valence-electron chi connectivity index (χ3n) is 3.94. The zero-order valence-electron chi connectivity index (χ0n) is 19.8. The lowest BCUT2D eigenvalue weighted by atomic mass is 10.2. The molecule has 0 aliphatic rings. The van der Waals surface area contributed by atoms with Gasteiger partial charge >= 0.3 is 11.9 Å². The first-order chi connectivity index (χ1) is 16.6. The lowest BCUT2D eigenvalue weighted by molar-refractivity contribution is -0.150. The number of rotatable bonds is 23. The predicted molar refractivity (Wildman–Crippen MR) is 118 cm³/mol. The average molecular weight is 507 g/mol. The number of carbonyl (C=O) groups is 6. The van der Waals surface area contributed by atoms with Crippen LogP contribution in [0.4, 0.5) is 0 Å². The van der Waals surface area contributed by atoms with Crippen LogP contribution in [0.2, 0.25) is 0 Å². The van der Waals surface area contributed by atoms with E-state index in [0.29, 0.717) is 37.7 Å². The summed E-state index contributed by atoms with van der Waals surface area (Å²) in [6, 6.07) is 0. The van der Waals surface area contributed by atoms with E-state index in [4.69, 9.17) is 29.2 Å². The van der Waals surface area contributed by atoms with Gasteiger partial charge in [0.1, 0.15) is 26.2 Å². The van der Waals surface area contributed by atoms with Crippen molar-refractivity contribution in [1.29, 1.82) is 0 Å². The van der Waals surface area contributed by atoms with Crippen molar-refractivity contribution in [2.24, 2.45) is 0 Å². The summed E-state index contributed by atoms with van der Waals surface area (Å²) in [6.45, 7) is 1.80. The van der Waals surface area contributed by atoms with Crippen molar-refractivity contribution >= 4 is 35.3 Å². The van der Waals surface area contributed by atoms with E-state index in [1.165, 1.54) is 6.92 Å². The fourth-order valence-corrected chi connectivity index (χ4v) is 2.43. The number of amides is 2. The Hall–Kier alpha value is -2.94. The summed E-state index contributed by atoms with van der Waals surface area (Å²) in [5.74, 6) is -4.53. The number of hydrogen-bond acceptors (Lipinski definition) is 10. The van der Waals surface area contributed by atoms with Crippen molar-refractivity contribution in [3.63, 3.8) is 0 Å². The Bertz CT molecular complexity index is 698. The molecule has 200 valence electrons. The van der Waals surface area contributed by atoms with Crippen molar-refractivity contribution in [3.8, 4) is 0 Å². The molecule has 35 heavy (non-hydrogen) atoms. The summed E-state index contributed by atoms with van der Waals surface area (Å²) < 4.78 is 20.7. The minimum absolute atomic E-state index is 0.0185. The van der Waals surface area contributed by atoms with Gasteiger partial charge in [0, 0.05) is 19.6 Å². The SMILES string of the molecule is CC(=O)COCCOCCNC(=O)COCCOCCCC(=O)CN(CC(=O)O)C(=O)CC(=O)O. The van der Waals surface area contributed by atoms with E-state index >= 15 is 0 Å².